The molecule has 0 bridgehead atoms. The summed E-state index contributed by atoms with van der Waals surface area (Å²) < 4.78 is 0. The van der Waals surface area contributed by atoms with Crippen molar-refractivity contribution in [1.82, 2.24) is 5.32 Å². The first kappa shape index (κ1) is 12.0. The molecule has 2 N–H and O–H groups in total. The summed E-state index contributed by atoms with van der Waals surface area (Å²) in [4.78, 5) is 11.9. The first-order valence-electron chi connectivity index (χ1n) is 6.24. The standard InChI is InChI=1S/C14H19NO2/c1-10-6-7-13(16)12(8-10)14(17)15-9-11-4-2-3-5-11/h6-8,11,16H,2-5,9H2,1H3,(H,15,17). The zero-order valence-corrected chi connectivity index (χ0v) is 10.2. The predicted molar refractivity (Wildman–Crippen MR) is 67.1 cm³/mol. The zero-order valence-electron chi connectivity index (χ0n) is 10.2. The molecule has 1 saturated carbocycles. The molecule has 3 heteroatoms. The van der Waals surface area contributed by atoms with Gasteiger partial charge in [0.1, 0.15) is 5.75 Å². The maximum atomic E-state index is 11.9. The van der Waals surface area contributed by atoms with Crippen LogP contribution in [0, 0.1) is 12.8 Å². The quantitative estimate of drug-likeness (QED) is 0.843. The molecule has 1 aliphatic carbocycles. The Balaban J connectivity index is 1.96. The van der Waals surface area contributed by atoms with Crippen LogP contribution in [0.25, 0.3) is 0 Å². The number of rotatable bonds is 3. The average molecular weight is 233 g/mol. The van der Waals surface area contributed by atoms with Crippen LogP contribution in [-0.2, 0) is 0 Å². The van der Waals surface area contributed by atoms with E-state index in [0.29, 0.717) is 11.5 Å². The first-order valence-corrected chi connectivity index (χ1v) is 6.24. The van der Waals surface area contributed by atoms with Crippen molar-refractivity contribution in [1.29, 1.82) is 0 Å². The van der Waals surface area contributed by atoms with Crippen LogP contribution < -0.4 is 5.32 Å². The summed E-state index contributed by atoms with van der Waals surface area (Å²) in [7, 11) is 0. The van der Waals surface area contributed by atoms with Crippen LogP contribution in [0.15, 0.2) is 18.2 Å². The van der Waals surface area contributed by atoms with E-state index in [1.165, 1.54) is 25.7 Å². The number of aromatic hydroxyl groups is 1. The number of carbonyl (C=O) groups is 1. The number of aryl methyl sites for hydroxylation is 1. The Kier molecular flexibility index (Phi) is 3.67. The van der Waals surface area contributed by atoms with E-state index < -0.39 is 0 Å². The molecule has 0 saturated heterocycles. The van der Waals surface area contributed by atoms with Gasteiger partial charge in [0.25, 0.3) is 5.91 Å². The monoisotopic (exact) mass is 233 g/mol. The number of carbonyl (C=O) groups excluding carboxylic acids is 1. The van der Waals surface area contributed by atoms with Gasteiger partial charge in [-0.15, -0.1) is 0 Å². The smallest absolute Gasteiger partial charge is 0.255 e. The number of benzene rings is 1. The van der Waals surface area contributed by atoms with Gasteiger partial charge < -0.3 is 10.4 Å². The SMILES string of the molecule is Cc1ccc(O)c(C(=O)NCC2CCCC2)c1. The van der Waals surface area contributed by atoms with E-state index in [1.807, 2.05) is 6.92 Å². The van der Waals surface area contributed by atoms with Gasteiger partial charge in [0.2, 0.25) is 0 Å². The minimum atomic E-state index is -0.168. The van der Waals surface area contributed by atoms with Crippen LogP contribution in [0.1, 0.15) is 41.6 Å². The molecule has 0 unspecified atom stereocenters. The van der Waals surface area contributed by atoms with E-state index in [-0.39, 0.29) is 11.7 Å². The second-order valence-corrected chi connectivity index (χ2v) is 4.88. The molecular formula is C14H19NO2. The van der Waals surface area contributed by atoms with Gasteiger partial charge in [0.15, 0.2) is 0 Å². The highest BCUT2D eigenvalue weighted by Crippen LogP contribution is 2.24. The van der Waals surface area contributed by atoms with Crippen molar-refractivity contribution in [3.8, 4) is 5.75 Å². The van der Waals surface area contributed by atoms with E-state index in [4.69, 9.17) is 0 Å². The lowest BCUT2D eigenvalue weighted by molar-refractivity contribution is 0.0944. The Morgan fingerprint density at radius 3 is 2.82 bits per heavy atom. The summed E-state index contributed by atoms with van der Waals surface area (Å²) in [5, 5.41) is 12.5. The molecule has 1 fully saturated rings. The maximum absolute atomic E-state index is 11.9. The molecule has 0 heterocycles. The van der Waals surface area contributed by atoms with Crippen molar-refractivity contribution in [2.75, 3.05) is 6.54 Å². The highest BCUT2D eigenvalue weighted by atomic mass is 16.3. The van der Waals surface area contributed by atoms with Crippen molar-refractivity contribution in [3.05, 3.63) is 29.3 Å². The summed E-state index contributed by atoms with van der Waals surface area (Å²) in [6.45, 7) is 2.64. The van der Waals surface area contributed by atoms with E-state index >= 15 is 0 Å². The normalized spacial score (nSPS) is 16.1. The number of phenolic OH excluding ortho intramolecular Hbond substituents is 1. The van der Waals surface area contributed by atoms with Gasteiger partial charge in [-0.05, 0) is 37.8 Å². The summed E-state index contributed by atoms with van der Waals surface area (Å²) in [5.74, 6) is 0.503. The van der Waals surface area contributed by atoms with Crippen LogP contribution in [0.3, 0.4) is 0 Å². The highest BCUT2D eigenvalue weighted by Gasteiger charge is 2.17. The maximum Gasteiger partial charge on any atom is 0.255 e. The summed E-state index contributed by atoms with van der Waals surface area (Å²) in [5.41, 5.74) is 1.36. The van der Waals surface area contributed by atoms with Crippen LogP contribution in [0.2, 0.25) is 0 Å². The lowest BCUT2D eigenvalue weighted by Gasteiger charge is -2.11. The van der Waals surface area contributed by atoms with Gasteiger partial charge in [0, 0.05) is 6.54 Å². The van der Waals surface area contributed by atoms with Gasteiger partial charge in [-0.2, -0.15) is 0 Å². The minimum Gasteiger partial charge on any atom is -0.507 e. The number of hydrogen-bond donors (Lipinski definition) is 2. The Hall–Kier alpha value is -1.51. The van der Waals surface area contributed by atoms with Gasteiger partial charge >= 0.3 is 0 Å². The second kappa shape index (κ2) is 5.21. The number of hydrogen-bond acceptors (Lipinski definition) is 2. The second-order valence-electron chi connectivity index (χ2n) is 4.88. The van der Waals surface area contributed by atoms with Gasteiger partial charge in [-0.3, -0.25) is 4.79 Å². The minimum absolute atomic E-state index is 0.0551. The third kappa shape index (κ3) is 2.99. The largest absolute Gasteiger partial charge is 0.507 e. The van der Waals surface area contributed by atoms with Crippen molar-refractivity contribution >= 4 is 5.91 Å². The van der Waals surface area contributed by atoms with Crippen molar-refractivity contribution in [2.45, 2.75) is 32.6 Å². The fourth-order valence-electron chi connectivity index (χ4n) is 2.38. The van der Waals surface area contributed by atoms with E-state index in [1.54, 1.807) is 18.2 Å². The van der Waals surface area contributed by atoms with Crippen LogP contribution >= 0.6 is 0 Å². The molecule has 1 aromatic carbocycles. The predicted octanol–water partition coefficient (Wildman–Crippen LogP) is 2.62. The fourth-order valence-corrected chi connectivity index (χ4v) is 2.38. The summed E-state index contributed by atoms with van der Waals surface area (Å²) >= 11 is 0. The molecule has 0 spiro atoms. The topological polar surface area (TPSA) is 49.3 Å². The van der Waals surface area contributed by atoms with Crippen molar-refractivity contribution < 1.29 is 9.90 Å². The molecule has 1 aliphatic rings. The molecule has 0 aliphatic heterocycles. The highest BCUT2D eigenvalue weighted by molar-refractivity contribution is 5.96. The number of phenols is 1. The Morgan fingerprint density at radius 1 is 1.41 bits per heavy atom. The number of nitrogens with one attached hydrogen (secondary N) is 1. The van der Waals surface area contributed by atoms with Crippen LogP contribution in [0.4, 0.5) is 0 Å². The van der Waals surface area contributed by atoms with Gasteiger partial charge in [0.05, 0.1) is 5.56 Å². The molecule has 92 valence electrons. The lowest BCUT2D eigenvalue weighted by atomic mass is 10.1. The fraction of sp³-hybridized carbons (Fsp3) is 0.500. The number of amides is 1. The third-order valence-corrected chi connectivity index (χ3v) is 3.42. The lowest BCUT2D eigenvalue weighted by Crippen LogP contribution is -2.28. The Labute approximate surface area is 102 Å². The average Bonchev–Trinajstić information content (AvgIpc) is 2.82. The molecule has 0 atom stereocenters. The Morgan fingerprint density at radius 2 is 2.12 bits per heavy atom. The van der Waals surface area contributed by atoms with Crippen molar-refractivity contribution in [3.63, 3.8) is 0 Å². The molecule has 1 aromatic rings. The zero-order chi connectivity index (χ0) is 12.3. The van der Waals surface area contributed by atoms with Crippen LogP contribution in [-0.4, -0.2) is 17.6 Å². The van der Waals surface area contributed by atoms with Gasteiger partial charge in [-0.1, -0.05) is 24.5 Å². The van der Waals surface area contributed by atoms with Crippen LogP contribution in [0.5, 0.6) is 5.75 Å². The molecule has 1 amide bonds. The van der Waals surface area contributed by atoms with E-state index in [2.05, 4.69) is 5.32 Å². The summed E-state index contributed by atoms with van der Waals surface area (Å²) in [6, 6.07) is 5.09. The molecule has 0 radical (unpaired) electrons. The third-order valence-electron chi connectivity index (χ3n) is 3.42. The van der Waals surface area contributed by atoms with E-state index in [9.17, 15) is 9.90 Å². The van der Waals surface area contributed by atoms with Crippen molar-refractivity contribution in [2.24, 2.45) is 5.92 Å². The molecular weight excluding hydrogens is 214 g/mol. The molecule has 2 rings (SSSR count). The molecule has 3 nitrogen and oxygen atoms in total. The molecule has 17 heavy (non-hydrogen) atoms. The first-order chi connectivity index (χ1) is 8.16. The molecule has 0 aromatic heterocycles. The van der Waals surface area contributed by atoms with Gasteiger partial charge in [-0.25, -0.2) is 0 Å². The van der Waals surface area contributed by atoms with E-state index in [0.717, 1.165) is 12.1 Å². The Bertz CT molecular complexity index is 409. The summed E-state index contributed by atoms with van der Waals surface area (Å²) in [6.07, 6.45) is 4.96.